The Kier molecular flexibility index (Phi) is 4.45. The monoisotopic (exact) mass is 374 g/mol. The predicted molar refractivity (Wildman–Crippen MR) is 110 cm³/mol. The van der Waals surface area contributed by atoms with Gasteiger partial charge in [-0.1, -0.05) is 30.3 Å². The molecular formula is C23H23FN4. The SMILES string of the molecule is Fc1cccc(-c2cn[nH]c2[C@@H]2CCCN(Cc3cc4ccccc4[nH]3)C2)c1. The summed E-state index contributed by atoms with van der Waals surface area (Å²) in [6.07, 6.45) is 4.08. The Morgan fingerprint density at radius 2 is 2.04 bits per heavy atom. The van der Waals surface area contributed by atoms with E-state index >= 15 is 0 Å². The van der Waals surface area contributed by atoms with E-state index in [-0.39, 0.29) is 5.82 Å². The van der Waals surface area contributed by atoms with Crippen molar-refractivity contribution in [1.29, 1.82) is 0 Å². The molecule has 0 spiro atoms. The van der Waals surface area contributed by atoms with Gasteiger partial charge in [0.15, 0.2) is 0 Å². The van der Waals surface area contributed by atoms with Crippen molar-refractivity contribution in [3.05, 3.63) is 78.0 Å². The van der Waals surface area contributed by atoms with Gasteiger partial charge in [0.2, 0.25) is 0 Å². The number of hydrogen-bond acceptors (Lipinski definition) is 2. The van der Waals surface area contributed by atoms with Gasteiger partial charge in [0.05, 0.1) is 6.20 Å². The fourth-order valence-corrected chi connectivity index (χ4v) is 4.39. The summed E-state index contributed by atoms with van der Waals surface area (Å²) in [5.74, 6) is 0.160. The van der Waals surface area contributed by atoms with Crippen LogP contribution in [0.3, 0.4) is 0 Å². The predicted octanol–water partition coefficient (Wildman–Crippen LogP) is 5.08. The van der Waals surface area contributed by atoms with Gasteiger partial charge in [0.1, 0.15) is 5.82 Å². The minimum Gasteiger partial charge on any atom is -0.357 e. The number of piperidine rings is 1. The summed E-state index contributed by atoms with van der Waals surface area (Å²) in [4.78, 5) is 6.03. The highest BCUT2D eigenvalue weighted by atomic mass is 19.1. The van der Waals surface area contributed by atoms with Gasteiger partial charge in [-0.2, -0.15) is 5.10 Å². The molecule has 4 aromatic rings. The van der Waals surface area contributed by atoms with Crippen LogP contribution in [0.1, 0.15) is 30.1 Å². The van der Waals surface area contributed by atoms with Crippen LogP contribution >= 0.6 is 0 Å². The molecule has 0 aliphatic carbocycles. The van der Waals surface area contributed by atoms with Crippen LogP contribution in [0.4, 0.5) is 4.39 Å². The minimum absolute atomic E-state index is 0.214. The molecule has 4 nitrogen and oxygen atoms in total. The van der Waals surface area contributed by atoms with E-state index in [1.165, 1.54) is 22.7 Å². The van der Waals surface area contributed by atoms with E-state index in [0.29, 0.717) is 5.92 Å². The van der Waals surface area contributed by atoms with Crippen molar-refractivity contribution in [3.8, 4) is 11.1 Å². The van der Waals surface area contributed by atoms with Gasteiger partial charge in [-0.15, -0.1) is 0 Å². The minimum atomic E-state index is -0.214. The first-order valence-electron chi connectivity index (χ1n) is 9.84. The topological polar surface area (TPSA) is 47.7 Å². The zero-order chi connectivity index (χ0) is 18.9. The highest BCUT2D eigenvalue weighted by Gasteiger charge is 2.25. The van der Waals surface area contributed by atoms with E-state index < -0.39 is 0 Å². The molecule has 5 heteroatoms. The lowest BCUT2D eigenvalue weighted by Crippen LogP contribution is -2.34. The summed E-state index contributed by atoms with van der Waals surface area (Å²) in [6.45, 7) is 2.98. The van der Waals surface area contributed by atoms with E-state index in [0.717, 1.165) is 49.3 Å². The number of rotatable bonds is 4. The molecule has 3 heterocycles. The maximum absolute atomic E-state index is 13.7. The zero-order valence-corrected chi connectivity index (χ0v) is 15.7. The average Bonchev–Trinajstić information content (AvgIpc) is 3.35. The summed E-state index contributed by atoms with van der Waals surface area (Å²) in [6, 6.07) is 17.4. The summed E-state index contributed by atoms with van der Waals surface area (Å²) in [5, 5.41) is 8.72. The molecule has 0 amide bonds. The number of fused-ring (bicyclic) bond motifs is 1. The average molecular weight is 374 g/mol. The molecule has 2 aromatic heterocycles. The van der Waals surface area contributed by atoms with Crippen molar-refractivity contribution in [2.24, 2.45) is 0 Å². The van der Waals surface area contributed by atoms with E-state index in [2.05, 4.69) is 50.4 Å². The van der Waals surface area contributed by atoms with Crippen LogP contribution in [0.5, 0.6) is 0 Å². The fourth-order valence-electron chi connectivity index (χ4n) is 4.39. The Hall–Kier alpha value is -2.92. The molecule has 0 radical (unpaired) electrons. The number of halogens is 1. The second kappa shape index (κ2) is 7.24. The van der Waals surface area contributed by atoms with Crippen molar-refractivity contribution in [2.75, 3.05) is 13.1 Å². The molecule has 5 rings (SSSR count). The second-order valence-corrected chi connectivity index (χ2v) is 7.66. The Bertz CT molecular complexity index is 1060. The molecule has 1 saturated heterocycles. The Balaban J connectivity index is 1.35. The van der Waals surface area contributed by atoms with Crippen LogP contribution in [0.25, 0.3) is 22.0 Å². The number of nitrogens with zero attached hydrogens (tertiary/aromatic N) is 2. The smallest absolute Gasteiger partial charge is 0.123 e. The number of likely N-dealkylation sites (tertiary alicyclic amines) is 1. The van der Waals surface area contributed by atoms with Crippen LogP contribution in [0.15, 0.2) is 60.8 Å². The van der Waals surface area contributed by atoms with Gasteiger partial charge < -0.3 is 4.98 Å². The maximum atomic E-state index is 13.7. The molecule has 0 bridgehead atoms. The van der Waals surface area contributed by atoms with Crippen molar-refractivity contribution < 1.29 is 4.39 Å². The summed E-state index contributed by atoms with van der Waals surface area (Å²) < 4.78 is 13.7. The molecule has 2 N–H and O–H groups in total. The van der Waals surface area contributed by atoms with Crippen LogP contribution in [0.2, 0.25) is 0 Å². The fraction of sp³-hybridized carbons (Fsp3) is 0.261. The number of hydrogen-bond donors (Lipinski definition) is 2. The largest absolute Gasteiger partial charge is 0.357 e. The number of aromatic amines is 2. The third-order valence-corrected chi connectivity index (χ3v) is 5.70. The zero-order valence-electron chi connectivity index (χ0n) is 15.7. The molecule has 0 saturated carbocycles. The number of nitrogens with one attached hydrogen (secondary N) is 2. The standard InChI is InChI=1S/C23H23FN4/c24-19-8-3-6-16(11-19)21-13-25-27-23(21)18-7-4-10-28(14-18)15-20-12-17-5-1-2-9-22(17)26-20/h1-3,5-6,8-9,11-13,18,26H,4,7,10,14-15H2,(H,25,27)/t18-/m1/s1. The molecule has 2 aromatic carbocycles. The molecule has 1 aliphatic heterocycles. The Morgan fingerprint density at radius 3 is 2.93 bits per heavy atom. The van der Waals surface area contributed by atoms with E-state index in [4.69, 9.17) is 0 Å². The quantitative estimate of drug-likeness (QED) is 0.523. The lowest BCUT2D eigenvalue weighted by atomic mass is 9.90. The first kappa shape index (κ1) is 17.2. The molecule has 0 unspecified atom stereocenters. The van der Waals surface area contributed by atoms with E-state index in [1.807, 2.05) is 12.3 Å². The Labute approximate surface area is 163 Å². The van der Waals surface area contributed by atoms with Gasteiger partial charge in [0.25, 0.3) is 0 Å². The summed E-state index contributed by atoms with van der Waals surface area (Å²) in [5.41, 5.74) is 5.45. The van der Waals surface area contributed by atoms with Gasteiger partial charge in [-0.05, 0) is 54.6 Å². The normalized spacial score (nSPS) is 18.0. The molecular weight excluding hydrogens is 351 g/mol. The van der Waals surface area contributed by atoms with Crippen molar-refractivity contribution in [3.63, 3.8) is 0 Å². The van der Waals surface area contributed by atoms with Crippen molar-refractivity contribution in [2.45, 2.75) is 25.3 Å². The lowest BCUT2D eigenvalue weighted by Gasteiger charge is -2.32. The molecule has 1 fully saturated rings. The van der Waals surface area contributed by atoms with Crippen LogP contribution in [0, 0.1) is 5.82 Å². The van der Waals surface area contributed by atoms with E-state index in [1.54, 1.807) is 12.1 Å². The number of benzene rings is 2. The van der Waals surface area contributed by atoms with Crippen LogP contribution < -0.4 is 0 Å². The summed E-state index contributed by atoms with van der Waals surface area (Å²) >= 11 is 0. The first-order chi connectivity index (χ1) is 13.8. The Morgan fingerprint density at radius 1 is 1.11 bits per heavy atom. The van der Waals surface area contributed by atoms with E-state index in [9.17, 15) is 4.39 Å². The molecule has 1 atom stereocenters. The van der Waals surface area contributed by atoms with Gasteiger partial charge >= 0.3 is 0 Å². The van der Waals surface area contributed by atoms with Crippen molar-refractivity contribution in [1.82, 2.24) is 20.1 Å². The number of H-pyrrole nitrogens is 2. The molecule has 28 heavy (non-hydrogen) atoms. The third-order valence-electron chi connectivity index (χ3n) is 5.70. The van der Waals surface area contributed by atoms with Gasteiger partial charge in [0, 0.05) is 41.5 Å². The van der Waals surface area contributed by atoms with Crippen molar-refractivity contribution >= 4 is 10.9 Å². The van der Waals surface area contributed by atoms with Gasteiger partial charge in [-0.3, -0.25) is 10.00 Å². The highest BCUT2D eigenvalue weighted by Crippen LogP contribution is 2.33. The van der Waals surface area contributed by atoms with Crippen LogP contribution in [-0.2, 0) is 6.54 Å². The lowest BCUT2D eigenvalue weighted by molar-refractivity contribution is 0.197. The maximum Gasteiger partial charge on any atom is 0.123 e. The second-order valence-electron chi connectivity index (χ2n) is 7.66. The van der Waals surface area contributed by atoms with Gasteiger partial charge in [-0.25, -0.2) is 4.39 Å². The van der Waals surface area contributed by atoms with Crippen LogP contribution in [-0.4, -0.2) is 33.2 Å². The summed E-state index contributed by atoms with van der Waals surface area (Å²) in [7, 11) is 0. The molecule has 142 valence electrons. The number of para-hydroxylation sites is 1. The molecule has 1 aliphatic rings. The highest BCUT2D eigenvalue weighted by molar-refractivity contribution is 5.80. The third kappa shape index (κ3) is 3.34. The first-order valence-corrected chi connectivity index (χ1v) is 9.84. The number of aromatic nitrogens is 3.